The van der Waals surface area contributed by atoms with Gasteiger partial charge in [0.1, 0.15) is 6.17 Å². The molecule has 1 aromatic carbocycles. The van der Waals surface area contributed by atoms with Gasteiger partial charge in [-0.05, 0) is 30.7 Å². The van der Waals surface area contributed by atoms with E-state index in [0.717, 1.165) is 22.5 Å². The van der Waals surface area contributed by atoms with Crippen molar-refractivity contribution in [3.63, 3.8) is 0 Å². The van der Waals surface area contributed by atoms with Gasteiger partial charge in [-0.15, -0.1) is 0 Å². The molecule has 21 heavy (non-hydrogen) atoms. The van der Waals surface area contributed by atoms with Crippen LogP contribution in [0.1, 0.15) is 24.2 Å². The Kier molecular flexibility index (Phi) is 3.48. The van der Waals surface area contributed by atoms with Crippen LogP contribution in [0.4, 0.5) is 0 Å². The fourth-order valence-corrected chi connectivity index (χ4v) is 2.34. The molecule has 0 radical (unpaired) electrons. The van der Waals surface area contributed by atoms with Crippen molar-refractivity contribution in [2.24, 2.45) is 4.99 Å². The van der Waals surface area contributed by atoms with Gasteiger partial charge >= 0.3 is 0 Å². The van der Waals surface area contributed by atoms with Gasteiger partial charge in [0.25, 0.3) is 0 Å². The number of ether oxygens (including phenoxy) is 1. The fraction of sp³-hybridized carbons (Fsp3) is 0.250. The number of rotatable bonds is 3. The second kappa shape index (κ2) is 5.44. The maximum absolute atomic E-state index is 7.77. The molecule has 0 spiro atoms. The Hall–Kier alpha value is -2.56. The minimum absolute atomic E-state index is 0.0715. The summed E-state index contributed by atoms with van der Waals surface area (Å²) < 4.78 is 5.20. The van der Waals surface area contributed by atoms with Gasteiger partial charge < -0.3 is 15.0 Å². The van der Waals surface area contributed by atoms with Crippen LogP contribution >= 0.6 is 0 Å². The largest absolute Gasteiger partial charge is 0.478 e. The van der Waals surface area contributed by atoms with Gasteiger partial charge in [-0.2, -0.15) is 0 Å². The van der Waals surface area contributed by atoms with Crippen molar-refractivity contribution in [1.82, 2.24) is 10.2 Å². The molecule has 1 unspecified atom stereocenters. The van der Waals surface area contributed by atoms with Crippen LogP contribution in [0.5, 0.6) is 0 Å². The molecule has 2 aliphatic heterocycles. The summed E-state index contributed by atoms with van der Waals surface area (Å²) in [7, 11) is 1.99. The van der Waals surface area contributed by atoms with E-state index in [4.69, 9.17) is 10.1 Å². The fourth-order valence-electron chi connectivity index (χ4n) is 2.34. The monoisotopic (exact) mass is 282 g/mol. The number of nitrogens with zero attached hydrogens (tertiary/aromatic N) is 2. The van der Waals surface area contributed by atoms with Crippen LogP contribution in [-0.4, -0.2) is 30.2 Å². The number of hydrogen-bond donors (Lipinski definition) is 2. The standard InChI is InChI=1S/C16H18N4O/c1-3-21-15(17)11-4-6-12(7-5-11)16-18-13-8-9-20(2)10-14(13)19-16/h4-10,16-17,19H,3H2,1-2H3. The molecule has 108 valence electrons. The molecule has 2 aliphatic rings. The maximum Gasteiger partial charge on any atom is 0.213 e. The summed E-state index contributed by atoms with van der Waals surface area (Å²) in [4.78, 5) is 6.66. The third-order valence-corrected chi connectivity index (χ3v) is 3.41. The molecule has 0 saturated heterocycles. The molecule has 0 saturated carbocycles. The van der Waals surface area contributed by atoms with Crippen molar-refractivity contribution < 1.29 is 4.74 Å². The van der Waals surface area contributed by atoms with E-state index in [1.807, 2.05) is 61.6 Å². The van der Waals surface area contributed by atoms with E-state index in [1.54, 1.807) is 0 Å². The van der Waals surface area contributed by atoms with Crippen LogP contribution in [0, 0.1) is 5.41 Å². The maximum atomic E-state index is 7.77. The third kappa shape index (κ3) is 2.67. The second-order valence-electron chi connectivity index (χ2n) is 4.97. The van der Waals surface area contributed by atoms with Crippen molar-refractivity contribution in [1.29, 1.82) is 5.41 Å². The van der Waals surface area contributed by atoms with Crippen LogP contribution in [0.25, 0.3) is 0 Å². The number of hydrogen-bond acceptors (Lipinski definition) is 5. The lowest BCUT2D eigenvalue weighted by molar-refractivity contribution is 0.325. The summed E-state index contributed by atoms with van der Waals surface area (Å²) in [6.07, 6.45) is 5.94. The van der Waals surface area contributed by atoms with Gasteiger partial charge in [-0.1, -0.05) is 12.1 Å². The van der Waals surface area contributed by atoms with E-state index in [-0.39, 0.29) is 12.1 Å². The molecule has 5 nitrogen and oxygen atoms in total. The third-order valence-electron chi connectivity index (χ3n) is 3.41. The first-order chi connectivity index (χ1) is 10.2. The predicted octanol–water partition coefficient (Wildman–Crippen LogP) is 2.39. The lowest BCUT2D eigenvalue weighted by Crippen LogP contribution is -2.20. The summed E-state index contributed by atoms with van der Waals surface area (Å²) in [5.74, 6) is 0.204. The summed E-state index contributed by atoms with van der Waals surface area (Å²) >= 11 is 0. The van der Waals surface area contributed by atoms with Crippen molar-refractivity contribution in [3.05, 3.63) is 59.6 Å². The first-order valence-electron chi connectivity index (χ1n) is 6.95. The van der Waals surface area contributed by atoms with Crippen LogP contribution in [-0.2, 0) is 4.74 Å². The van der Waals surface area contributed by atoms with E-state index < -0.39 is 0 Å². The zero-order valence-electron chi connectivity index (χ0n) is 12.1. The Bertz CT molecular complexity index is 643. The molecule has 0 aliphatic carbocycles. The number of nitrogens with one attached hydrogen (secondary N) is 2. The number of benzene rings is 1. The first kappa shape index (κ1) is 13.4. The second-order valence-corrected chi connectivity index (χ2v) is 4.97. The Labute approximate surface area is 124 Å². The van der Waals surface area contributed by atoms with E-state index in [9.17, 15) is 0 Å². The van der Waals surface area contributed by atoms with E-state index in [2.05, 4.69) is 10.3 Å². The van der Waals surface area contributed by atoms with Crippen LogP contribution < -0.4 is 5.32 Å². The normalized spacial score (nSPS) is 19.5. The van der Waals surface area contributed by atoms with Crippen LogP contribution in [0.3, 0.4) is 0 Å². The highest BCUT2D eigenvalue weighted by atomic mass is 16.5. The molecule has 5 heteroatoms. The number of allylic oxidation sites excluding steroid dienone is 1. The topological polar surface area (TPSA) is 60.7 Å². The lowest BCUT2D eigenvalue weighted by Gasteiger charge is -2.15. The lowest BCUT2D eigenvalue weighted by atomic mass is 10.1. The highest BCUT2D eigenvalue weighted by Gasteiger charge is 2.23. The molecule has 1 atom stereocenters. The smallest absolute Gasteiger partial charge is 0.213 e. The SMILES string of the molecule is CCOC(=N)c1ccc(C2N=C3C=CN(C)C=C3N2)cc1. The van der Waals surface area contributed by atoms with E-state index in [1.165, 1.54) is 0 Å². The predicted molar refractivity (Wildman–Crippen MR) is 83.2 cm³/mol. The van der Waals surface area contributed by atoms with Gasteiger partial charge in [0.15, 0.2) is 0 Å². The van der Waals surface area contributed by atoms with Crippen LogP contribution in [0.15, 0.2) is 53.4 Å². The molecular weight excluding hydrogens is 264 g/mol. The number of aliphatic imine (C=N–C) groups is 1. The van der Waals surface area contributed by atoms with Crippen molar-refractivity contribution in [3.8, 4) is 0 Å². The van der Waals surface area contributed by atoms with Gasteiger partial charge in [0.2, 0.25) is 5.90 Å². The Morgan fingerprint density at radius 2 is 2.14 bits per heavy atom. The molecule has 1 aromatic rings. The highest BCUT2D eigenvalue weighted by Crippen LogP contribution is 2.25. The summed E-state index contributed by atoms with van der Waals surface area (Å²) in [5.41, 5.74) is 3.87. The Morgan fingerprint density at radius 3 is 2.86 bits per heavy atom. The van der Waals surface area contributed by atoms with Crippen LogP contribution in [0.2, 0.25) is 0 Å². The van der Waals surface area contributed by atoms with Crippen molar-refractivity contribution >= 4 is 11.6 Å². The van der Waals surface area contributed by atoms with E-state index >= 15 is 0 Å². The molecule has 2 N–H and O–H groups in total. The average Bonchev–Trinajstić information content (AvgIpc) is 2.90. The van der Waals surface area contributed by atoms with Gasteiger partial charge in [0.05, 0.1) is 18.0 Å². The zero-order chi connectivity index (χ0) is 14.8. The van der Waals surface area contributed by atoms with E-state index in [0.29, 0.717) is 6.61 Å². The minimum Gasteiger partial charge on any atom is -0.478 e. The van der Waals surface area contributed by atoms with Gasteiger partial charge in [0, 0.05) is 25.0 Å². The van der Waals surface area contributed by atoms with Crippen molar-refractivity contribution in [2.75, 3.05) is 13.7 Å². The quantitative estimate of drug-likeness (QED) is 0.661. The van der Waals surface area contributed by atoms with Gasteiger partial charge in [-0.25, -0.2) is 0 Å². The molecule has 3 rings (SSSR count). The van der Waals surface area contributed by atoms with Gasteiger partial charge in [-0.3, -0.25) is 10.4 Å². The van der Waals surface area contributed by atoms with Crippen molar-refractivity contribution in [2.45, 2.75) is 13.1 Å². The summed E-state index contributed by atoms with van der Waals surface area (Å²) in [6, 6.07) is 7.76. The average molecular weight is 282 g/mol. The first-order valence-corrected chi connectivity index (χ1v) is 6.95. The minimum atomic E-state index is -0.0715. The molecule has 0 fully saturated rings. The summed E-state index contributed by atoms with van der Waals surface area (Å²) in [5, 5.41) is 11.2. The Balaban J connectivity index is 1.77. The molecule has 0 amide bonds. The molecule has 0 bridgehead atoms. The molecule has 0 aromatic heterocycles. The molecule has 2 heterocycles. The molecular formula is C16H18N4O. The zero-order valence-corrected chi connectivity index (χ0v) is 12.1. The highest BCUT2D eigenvalue weighted by molar-refractivity contribution is 6.10. The summed E-state index contributed by atoms with van der Waals surface area (Å²) in [6.45, 7) is 2.38. The number of fused-ring (bicyclic) bond motifs is 1. The Morgan fingerprint density at radius 1 is 1.38 bits per heavy atom.